The summed E-state index contributed by atoms with van der Waals surface area (Å²) < 4.78 is 30.3. The largest absolute Gasteiger partial charge is 0.333 e. The third-order valence-corrected chi connectivity index (χ3v) is 6.21. The van der Waals surface area contributed by atoms with Gasteiger partial charge in [-0.3, -0.25) is 0 Å². The third-order valence-electron chi connectivity index (χ3n) is 4.87. The highest BCUT2D eigenvalue weighted by atomic mass is 35.5. The van der Waals surface area contributed by atoms with Gasteiger partial charge in [0.05, 0.1) is 6.04 Å². The minimum atomic E-state index is -3.73. The number of benzene rings is 2. The van der Waals surface area contributed by atoms with E-state index in [1.807, 2.05) is 47.0 Å². The van der Waals surface area contributed by atoms with E-state index in [9.17, 15) is 8.42 Å². The normalized spacial score (nSPS) is 15.1. The molecular weight excluding hydrogens is 384 g/mol. The van der Waals surface area contributed by atoms with Crippen LogP contribution in [0.25, 0.3) is 10.8 Å². The molecule has 0 spiro atoms. The molecule has 6 nitrogen and oxygen atoms in total. The number of sulfonamides is 1. The summed E-state index contributed by atoms with van der Waals surface area (Å²) in [5, 5.41) is 2.24. The maximum atomic E-state index is 12.8. The Bertz CT molecular complexity index is 1030. The van der Waals surface area contributed by atoms with Gasteiger partial charge in [-0.1, -0.05) is 36.4 Å². The van der Waals surface area contributed by atoms with E-state index in [1.54, 1.807) is 6.20 Å². The molecule has 1 aliphatic heterocycles. The number of hydrogen-bond acceptors (Lipinski definition) is 4. The van der Waals surface area contributed by atoms with Crippen LogP contribution in [0.3, 0.4) is 0 Å². The van der Waals surface area contributed by atoms with Crippen molar-refractivity contribution in [3.8, 4) is 0 Å². The number of rotatable bonds is 5. The number of nitrogens with one attached hydrogen (secondary N) is 1. The molecule has 8 heteroatoms. The first-order valence-electron chi connectivity index (χ1n) is 8.84. The number of halogens is 1. The molecule has 2 aromatic carbocycles. The summed E-state index contributed by atoms with van der Waals surface area (Å²) in [7, 11) is -3.73. The van der Waals surface area contributed by atoms with E-state index >= 15 is 0 Å². The predicted octanol–water partition coefficient (Wildman–Crippen LogP) is 2.77. The maximum absolute atomic E-state index is 12.8. The van der Waals surface area contributed by atoms with Crippen LogP contribution in [0.15, 0.2) is 53.7 Å². The zero-order chi connectivity index (χ0) is 18.1. The van der Waals surface area contributed by atoms with E-state index in [2.05, 4.69) is 9.71 Å². The van der Waals surface area contributed by atoms with Crippen molar-refractivity contribution in [3.05, 3.63) is 60.0 Å². The van der Waals surface area contributed by atoms with Crippen LogP contribution in [0, 0.1) is 0 Å². The van der Waals surface area contributed by atoms with Gasteiger partial charge >= 0.3 is 0 Å². The van der Waals surface area contributed by atoms with Gasteiger partial charge in [-0.25, -0.2) is 18.1 Å². The molecule has 1 aliphatic rings. The Morgan fingerprint density at radius 2 is 1.93 bits per heavy atom. The first kappa shape index (κ1) is 19.8. The molecule has 0 radical (unpaired) electrons. The fourth-order valence-electron chi connectivity index (χ4n) is 3.44. The molecule has 1 unspecified atom stereocenters. The Hall–Kier alpha value is -1.93. The summed E-state index contributed by atoms with van der Waals surface area (Å²) in [6, 6.07) is 13.4. The van der Waals surface area contributed by atoms with Crippen molar-refractivity contribution in [1.82, 2.24) is 14.3 Å². The molecule has 4 rings (SSSR count). The van der Waals surface area contributed by atoms with Crippen LogP contribution >= 0.6 is 12.4 Å². The van der Waals surface area contributed by atoms with Crippen LogP contribution in [0.4, 0.5) is 0 Å². The lowest BCUT2D eigenvalue weighted by Crippen LogP contribution is -2.33. The van der Waals surface area contributed by atoms with Gasteiger partial charge in [0.25, 0.3) is 10.0 Å². The van der Waals surface area contributed by atoms with E-state index < -0.39 is 16.1 Å². The van der Waals surface area contributed by atoms with Crippen molar-refractivity contribution in [3.63, 3.8) is 0 Å². The van der Waals surface area contributed by atoms with Gasteiger partial charge in [0.2, 0.25) is 0 Å². The Labute approximate surface area is 165 Å². The molecule has 0 saturated carbocycles. The highest BCUT2D eigenvalue weighted by Crippen LogP contribution is 2.23. The zero-order valence-corrected chi connectivity index (χ0v) is 16.5. The average Bonchev–Trinajstić information content (AvgIpc) is 3.11. The fourth-order valence-corrected chi connectivity index (χ4v) is 4.66. The first-order chi connectivity index (χ1) is 12.6. The minimum Gasteiger partial charge on any atom is -0.333 e. The highest BCUT2D eigenvalue weighted by Gasteiger charge is 2.25. The van der Waals surface area contributed by atoms with Crippen LogP contribution in [0.2, 0.25) is 0 Å². The van der Waals surface area contributed by atoms with Crippen LogP contribution < -0.4 is 10.5 Å². The number of nitrogens with zero attached hydrogens (tertiary/aromatic N) is 2. The van der Waals surface area contributed by atoms with Crippen molar-refractivity contribution >= 4 is 33.2 Å². The van der Waals surface area contributed by atoms with E-state index in [1.165, 1.54) is 0 Å². The number of aryl methyl sites for hydroxylation is 2. The smallest absolute Gasteiger partial charge is 0.260 e. The lowest BCUT2D eigenvalue weighted by Gasteiger charge is -2.17. The molecule has 1 aromatic heterocycles. The summed E-state index contributed by atoms with van der Waals surface area (Å²) in [4.78, 5) is 4.33. The number of aromatic nitrogens is 2. The topological polar surface area (TPSA) is 90.0 Å². The fraction of sp³-hybridized carbons (Fsp3) is 0.316. The molecule has 0 amide bonds. The second kappa shape index (κ2) is 7.98. The summed E-state index contributed by atoms with van der Waals surface area (Å²) in [5.74, 6) is 0.839. The van der Waals surface area contributed by atoms with Gasteiger partial charge in [0.15, 0.2) is 5.03 Å². The van der Waals surface area contributed by atoms with Crippen LogP contribution in [0.5, 0.6) is 0 Å². The molecule has 1 atom stereocenters. The molecule has 0 saturated heterocycles. The number of nitrogens with two attached hydrogens (primary N) is 1. The Balaban J connectivity index is 0.00000210. The summed E-state index contributed by atoms with van der Waals surface area (Å²) in [5.41, 5.74) is 6.73. The molecule has 144 valence electrons. The van der Waals surface area contributed by atoms with Gasteiger partial charge in [-0.05, 0) is 35.2 Å². The molecular formula is C19H23ClN4O2S. The SMILES string of the molecule is Cl.NCC(NS(=O)(=O)c1cn2c(n1)CCCC2)c1ccc2ccccc2c1. The van der Waals surface area contributed by atoms with Crippen molar-refractivity contribution in [2.45, 2.75) is 36.9 Å². The van der Waals surface area contributed by atoms with Gasteiger partial charge in [0, 0.05) is 25.7 Å². The number of imidazole rings is 1. The van der Waals surface area contributed by atoms with E-state index in [-0.39, 0.29) is 24.0 Å². The van der Waals surface area contributed by atoms with Crippen molar-refractivity contribution in [1.29, 1.82) is 0 Å². The molecule has 0 bridgehead atoms. The number of hydrogen-bond donors (Lipinski definition) is 2. The molecule has 3 aromatic rings. The monoisotopic (exact) mass is 406 g/mol. The average molecular weight is 407 g/mol. The van der Waals surface area contributed by atoms with Crippen molar-refractivity contribution < 1.29 is 8.42 Å². The quantitative estimate of drug-likeness (QED) is 0.681. The molecule has 0 fully saturated rings. The molecule has 0 aliphatic carbocycles. The lowest BCUT2D eigenvalue weighted by molar-refractivity contribution is 0.522. The summed E-state index contributed by atoms with van der Waals surface area (Å²) in [6.07, 6.45) is 4.55. The Morgan fingerprint density at radius 1 is 1.15 bits per heavy atom. The molecule has 27 heavy (non-hydrogen) atoms. The van der Waals surface area contributed by atoms with Crippen molar-refractivity contribution in [2.75, 3.05) is 6.54 Å². The predicted molar refractivity (Wildman–Crippen MR) is 108 cm³/mol. The molecule has 3 N–H and O–H groups in total. The van der Waals surface area contributed by atoms with E-state index in [0.717, 1.165) is 48.0 Å². The van der Waals surface area contributed by atoms with Crippen LogP contribution in [-0.4, -0.2) is 24.5 Å². The van der Waals surface area contributed by atoms with E-state index in [4.69, 9.17) is 5.73 Å². The van der Waals surface area contributed by atoms with Crippen LogP contribution in [-0.2, 0) is 23.0 Å². The van der Waals surface area contributed by atoms with Crippen molar-refractivity contribution in [2.24, 2.45) is 5.73 Å². The second-order valence-electron chi connectivity index (χ2n) is 6.66. The van der Waals surface area contributed by atoms with E-state index in [0.29, 0.717) is 0 Å². The minimum absolute atomic E-state index is 0. The Morgan fingerprint density at radius 3 is 2.67 bits per heavy atom. The first-order valence-corrected chi connectivity index (χ1v) is 10.3. The molecule has 2 heterocycles. The maximum Gasteiger partial charge on any atom is 0.260 e. The van der Waals surface area contributed by atoms with Gasteiger partial charge < -0.3 is 10.3 Å². The standard InChI is InChI=1S/C19H22N4O2S.ClH/c20-12-17(16-9-8-14-5-1-2-6-15(14)11-16)22-26(24,25)19-13-23-10-4-3-7-18(23)21-19;/h1-2,5-6,8-9,11,13,17,22H,3-4,7,10,12,20H2;1H. The van der Waals surface area contributed by atoms with Gasteiger partial charge in [-0.2, -0.15) is 0 Å². The van der Waals surface area contributed by atoms with Crippen LogP contribution in [0.1, 0.15) is 30.3 Å². The second-order valence-corrected chi connectivity index (χ2v) is 8.32. The Kier molecular flexibility index (Phi) is 5.86. The summed E-state index contributed by atoms with van der Waals surface area (Å²) in [6.45, 7) is 0.994. The third kappa shape index (κ3) is 4.01. The van der Waals surface area contributed by atoms with Gasteiger partial charge in [0.1, 0.15) is 5.82 Å². The highest BCUT2D eigenvalue weighted by molar-refractivity contribution is 7.89. The lowest BCUT2D eigenvalue weighted by atomic mass is 10.0. The summed E-state index contributed by atoms with van der Waals surface area (Å²) >= 11 is 0. The van der Waals surface area contributed by atoms with Gasteiger partial charge in [-0.15, -0.1) is 12.4 Å². The zero-order valence-electron chi connectivity index (χ0n) is 14.8. The number of fused-ring (bicyclic) bond motifs is 2.